The second-order valence-electron chi connectivity index (χ2n) is 7.78. The molecule has 3 N–H and O–H groups in total. The van der Waals surface area contributed by atoms with Crippen LogP contribution in [0.5, 0.6) is 0 Å². The smallest absolute Gasteiger partial charge is 0.348 e. The minimum atomic E-state index is -1.08. The molecule has 0 bridgehead atoms. The first kappa shape index (κ1) is 24.6. The molecule has 34 heavy (non-hydrogen) atoms. The Hall–Kier alpha value is -2.48. The highest BCUT2D eigenvalue weighted by Gasteiger charge is 2.34. The number of aromatic amines is 1. The van der Waals surface area contributed by atoms with Crippen molar-refractivity contribution in [2.24, 2.45) is 7.05 Å². The molecule has 0 aromatic carbocycles. The number of thiazole rings is 1. The Bertz CT molecular complexity index is 1230. The molecule has 11 nitrogen and oxygen atoms in total. The number of halogens is 2. The van der Waals surface area contributed by atoms with Crippen LogP contribution in [0.3, 0.4) is 0 Å². The third-order valence-corrected chi connectivity index (χ3v) is 8.03. The monoisotopic (exact) mass is 571 g/mol. The van der Waals surface area contributed by atoms with Crippen molar-refractivity contribution >= 4 is 55.9 Å². The quantitative estimate of drug-likeness (QED) is 0.393. The van der Waals surface area contributed by atoms with Crippen molar-refractivity contribution in [3.8, 4) is 11.5 Å². The number of piperidine rings is 1. The van der Waals surface area contributed by atoms with E-state index in [9.17, 15) is 14.7 Å². The Kier molecular flexibility index (Phi) is 7.26. The first-order chi connectivity index (χ1) is 16.2. The van der Waals surface area contributed by atoms with Crippen LogP contribution in [0.1, 0.15) is 39.2 Å². The van der Waals surface area contributed by atoms with Crippen molar-refractivity contribution < 1.29 is 19.4 Å². The average molecular weight is 573 g/mol. The van der Waals surface area contributed by atoms with Gasteiger partial charge in [0.2, 0.25) is 5.82 Å². The highest BCUT2D eigenvalue weighted by Crippen LogP contribution is 2.34. The molecule has 0 radical (unpaired) electrons. The van der Waals surface area contributed by atoms with Crippen molar-refractivity contribution in [2.45, 2.75) is 32.4 Å². The molecule has 0 aliphatic carbocycles. The maximum absolute atomic E-state index is 12.9. The van der Waals surface area contributed by atoms with E-state index in [4.69, 9.17) is 16.3 Å². The predicted octanol–water partition coefficient (Wildman–Crippen LogP) is 3.10. The number of hydrogen-bond donors (Lipinski definition) is 3. The Morgan fingerprint density at radius 3 is 2.82 bits per heavy atom. The Morgan fingerprint density at radius 1 is 1.47 bits per heavy atom. The lowest BCUT2D eigenvalue weighted by Crippen LogP contribution is -2.55. The van der Waals surface area contributed by atoms with Gasteiger partial charge >= 0.3 is 5.97 Å². The fourth-order valence-electron chi connectivity index (χ4n) is 3.80. The summed E-state index contributed by atoms with van der Waals surface area (Å²) in [5, 5.41) is 17.9. The van der Waals surface area contributed by atoms with Gasteiger partial charge in [-0.05, 0) is 36.2 Å². The zero-order chi connectivity index (χ0) is 24.6. The molecule has 4 rings (SSSR count). The fourth-order valence-corrected chi connectivity index (χ4v) is 5.45. The second-order valence-corrected chi connectivity index (χ2v) is 9.93. The van der Waals surface area contributed by atoms with Gasteiger partial charge in [0, 0.05) is 32.4 Å². The van der Waals surface area contributed by atoms with Gasteiger partial charge in [0.25, 0.3) is 5.91 Å². The van der Waals surface area contributed by atoms with Crippen LogP contribution in [0.2, 0.25) is 5.02 Å². The summed E-state index contributed by atoms with van der Waals surface area (Å²) in [5.74, 6) is -1.10. The number of carbonyl (C=O) groups is 2. The number of aryl methyl sites for hydroxylation is 2. The Balaban J connectivity index is 1.53. The van der Waals surface area contributed by atoms with Gasteiger partial charge in [-0.25, -0.2) is 14.8 Å². The number of nitrogens with one attached hydrogen (secondary N) is 2. The largest absolute Gasteiger partial charge is 0.477 e. The van der Waals surface area contributed by atoms with Crippen LogP contribution in [0, 0.1) is 6.92 Å². The molecule has 2 atom stereocenters. The van der Waals surface area contributed by atoms with Crippen LogP contribution < -0.4 is 10.2 Å². The molecule has 1 aliphatic rings. The van der Waals surface area contributed by atoms with Gasteiger partial charge in [0.15, 0.2) is 5.13 Å². The number of aromatic nitrogens is 5. The third kappa shape index (κ3) is 4.83. The summed E-state index contributed by atoms with van der Waals surface area (Å²) in [4.78, 5) is 38.5. The number of H-pyrrole nitrogens is 1. The minimum Gasteiger partial charge on any atom is -0.477 e. The predicted molar refractivity (Wildman–Crippen MR) is 131 cm³/mol. The molecular weight excluding hydrogens is 550 g/mol. The molecule has 0 unspecified atom stereocenters. The number of anilines is 1. The van der Waals surface area contributed by atoms with Crippen molar-refractivity contribution in [1.29, 1.82) is 0 Å². The van der Waals surface area contributed by atoms with Crippen LogP contribution in [0.15, 0.2) is 10.8 Å². The van der Waals surface area contributed by atoms with Gasteiger partial charge in [-0.3, -0.25) is 9.48 Å². The number of hydrogen-bond acceptors (Lipinski definition) is 8. The summed E-state index contributed by atoms with van der Waals surface area (Å²) >= 11 is 10.6. The Labute approximate surface area is 212 Å². The summed E-state index contributed by atoms with van der Waals surface area (Å²) in [7, 11) is 1.71. The van der Waals surface area contributed by atoms with Gasteiger partial charge in [-0.1, -0.05) is 22.9 Å². The summed E-state index contributed by atoms with van der Waals surface area (Å²) in [6, 6.07) is -0.242. The molecule has 182 valence electrons. The molecule has 1 fully saturated rings. The van der Waals surface area contributed by atoms with E-state index >= 15 is 0 Å². The number of aromatic carboxylic acids is 1. The normalized spacial score (nSPS) is 18.3. The standard InChI is InChI=1S/C20H23BrClN7O4S/c1-4-33-11-7-29(6-5-10(11)25-18(30)14-12(21)13(22)9(2)24-14)20-26-15(16(34-20)19(31)32)17-23-8-28(3)27-17/h8,10-11,24H,4-7H2,1-3H3,(H,25,30)(H,31,32)/t10-,11+/m1/s1. The van der Waals surface area contributed by atoms with E-state index in [-0.39, 0.29) is 34.4 Å². The number of carboxylic acid groups (broad SMARTS) is 1. The summed E-state index contributed by atoms with van der Waals surface area (Å²) in [6.45, 7) is 5.14. The third-order valence-electron chi connectivity index (χ3n) is 5.43. The highest BCUT2D eigenvalue weighted by molar-refractivity contribution is 9.10. The van der Waals surface area contributed by atoms with E-state index in [1.807, 2.05) is 11.8 Å². The SMILES string of the molecule is CCO[C@H]1CN(c2nc(-c3ncn(C)n3)c(C(=O)O)s2)CC[C@H]1NC(=O)c1[nH]c(C)c(Cl)c1Br. The first-order valence-electron chi connectivity index (χ1n) is 10.5. The van der Waals surface area contributed by atoms with Crippen LogP contribution in [-0.2, 0) is 11.8 Å². The molecule has 1 saturated heterocycles. The van der Waals surface area contributed by atoms with E-state index in [1.165, 1.54) is 11.0 Å². The van der Waals surface area contributed by atoms with Gasteiger partial charge < -0.3 is 25.0 Å². The van der Waals surface area contributed by atoms with Crippen molar-refractivity contribution in [3.05, 3.63) is 32.1 Å². The fraction of sp³-hybridized carbons (Fsp3) is 0.450. The molecule has 3 aromatic rings. The van der Waals surface area contributed by atoms with Crippen molar-refractivity contribution in [1.82, 2.24) is 30.0 Å². The maximum atomic E-state index is 12.9. The van der Waals surface area contributed by atoms with Crippen LogP contribution >= 0.6 is 38.9 Å². The number of ether oxygens (including phenoxy) is 1. The molecular formula is C20H23BrClN7O4S. The molecule has 0 spiro atoms. The second kappa shape index (κ2) is 10.0. The lowest BCUT2D eigenvalue weighted by Gasteiger charge is -2.38. The van der Waals surface area contributed by atoms with Gasteiger partial charge in [-0.2, -0.15) is 0 Å². The molecule has 1 aliphatic heterocycles. The van der Waals surface area contributed by atoms with E-state index < -0.39 is 5.97 Å². The molecule has 14 heteroatoms. The summed E-state index contributed by atoms with van der Waals surface area (Å²) in [6.07, 6.45) is 1.76. The number of rotatable bonds is 7. The molecule has 1 amide bonds. The van der Waals surface area contributed by atoms with Crippen molar-refractivity contribution in [2.75, 3.05) is 24.6 Å². The number of nitrogens with zero attached hydrogens (tertiary/aromatic N) is 5. The number of carboxylic acids is 1. The topological polar surface area (TPSA) is 138 Å². The molecule has 0 saturated carbocycles. The van der Waals surface area contributed by atoms with Crippen LogP contribution in [0.4, 0.5) is 5.13 Å². The first-order valence-corrected chi connectivity index (χ1v) is 12.5. The lowest BCUT2D eigenvalue weighted by atomic mass is 10.0. The van der Waals surface area contributed by atoms with E-state index in [2.05, 4.69) is 41.3 Å². The van der Waals surface area contributed by atoms with Crippen LogP contribution in [-0.4, -0.2) is 73.6 Å². The average Bonchev–Trinajstić information content (AvgIpc) is 3.49. The van der Waals surface area contributed by atoms with E-state index in [0.717, 1.165) is 11.3 Å². The maximum Gasteiger partial charge on any atom is 0.348 e. The minimum absolute atomic E-state index is 0.0772. The van der Waals surface area contributed by atoms with E-state index in [0.29, 0.717) is 52.1 Å². The number of carbonyl (C=O) groups excluding carboxylic acids is 1. The summed E-state index contributed by atoms with van der Waals surface area (Å²) in [5.41, 5.74) is 1.30. The van der Waals surface area contributed by atoms with Gasteiger partial charge in [0.05, 0.1) is 21.6 Å². The van der Waals surface area contributed by atoms with Crippen molar-refractivity contribution in [3.63, 3.8) is 0 Å². The van der Waals surface area contributed by atoms with Gasteiger partial charge in [0.1, 0.15) is 22.6 Å². The van der Waals surface area contributed by atoms with E-state index in [1.54, 1.807) is 14.0 Å². The van der Waals surface area contributed by atoms with Gasteiger partial charge in [-0.15, -0.1) is 5.10 Å². The molecule has 3 aromatic heterocycles. The summed E-state index contributed by atoms with van der Waals surface area (Å²) < 4.78 is 7.96. The number of amides is 1. The zero-order valence-corrected chi connectivity index (χ0v) is 21.8. The van der Waals surface area contributed by atoms with Crippen LogP contribution in [0.25, 0.3) is 11.5 Å². The zero-order valence-electron chi connectivity index (χ0n) is 18.6. The highest BCUT2D eigenvalue weighted by atomic mass is 79.9. The Morgan fingerprint density at radius 2 is 2.24 bits per heavy atom. The molecule has 4 heterocycles. The lowest BCUT2D eigenvalue weighted by molar-refractivity contribution is 0.0272.